The summed E-state index contributed by atoms with van der Waals surface area (Å²) in [5.74, 6) is 3.70. The number of hydrogen-bond acceptors (Lipinski definition) is 3. The van der Waals surface area contributed by atoms with E-state index < -0.39 is 0 Å². The van der Waals surface area contributed by atoms with Gasteiger partial charge in [-0.15, -0.1) is 0 Å². The number of rotatable bonds is 3. The molecule has 4 aliphatic carbocycles. The zero-order valence-corrected chi connectivity index (χ0v) is 12.3. The van der Waals surface area contributed by atoms with Crippen LogP contribution in [0.1, 0.15) is 44.1 Å². The van der Waals surface area contributed by atoms with Gasteiger partial charge in [0.15, 0.2) is 0 Å². The minimum atomic E-state index is 0.449. The molecule has 1 aromatic rings. The first kappa shape index (κ1) is 12.5. The Bertz CT molecular complexity index is 490. The highest BCUT2D eigenvalue weighted by Crippen LogP contribution is 2.60. The van der Waals surface area contributed by atoms with Crippen LogP contribution in [0.15, 0.2) is 12.3 Å². The number of nitrogen functional groups attached to an aromatic ring is 1. The number of aryl methyl sites for hydroxylation is 1. The van der Waals surface area contributed by atoms with E-state index in [1.807, 2.05) is 13.0 Å². The number of hydrogen-bond donors (Lipinski definition) is 1. The van der Waals surface area contributed by atoms with Crippen molar-refractivity contribution in [2.45, 2.75) is 45.4 Å². The topological polar surface area (TPSA) is 48.1 Å². The first-order valence-corrected chi connectivity index (χ1v) is 7.97. The van der Waals surface area contributed by atoms with Crippen LogP contribution in [0.4, 0.5) is 5.69 Å². The first-order valence-electron chi connectivity index (χ1n) is 7.97. The smallest absolute Gasteiger partial charge is 0.216 e. The summed E-state index contributed by atoms with van der Waals surface area (Å²) >= 11 is 0. The minimum absolute atomic E-state index is 0.449. The monoisotopic (exact) mass is 272 g/mol. The zero-order chi connectivity index (χ0) is 13.7. The lowest BCUT2D eigenvalue weighted by Crippen LogP contribution is -2.48. The van der Waals surface area contributed by atoms with Crippen molar-refractivity contribution in [1.82, 2.24) is 4.98 Å². The van der Waals surface area contributed by atoms with Crippen molar-refractivity contribution in [2.75, 3.05) is 12.3 Å². The van der Waals surface area contributed by atoms with E-state index >= 15 is 0 Å². The van der Waals surface area contributed by atoms with E-state index in [4.69, 9.17) is 10.5 Å². The summed E-state index contributed by atoms with van der Waals surface area (Å²) in [5.41, 5.74) is 7.96. The standard InChI is InChI=1S/C17H24N2O/c1-11-2-15(18)9-19-16(11)20-10-17-6-12-3-13(7-17)5-14(4-12)8-17/h2,9,12-14H,3-8,10,18H2,1H3. The molecule has 3 heteroatoms. The molecule has 0 aliphatic heterocycles. The highest BCUT2D eigenvalue weighted by Gasteiger charge is 2.51. The molecule has 2 N–H and O–H groups in total. The number of nitrogens with zero attached hydrogens (tertiary/aromatic N) is 1. The van der Waals surface area contributed by atoms with Gasteiger partial charge in [-0.1, -0.05) is 0 Å². The summed E-state index contributed by atoms with van der Waals surface area (Å²) in [6, 6.07) is 1.95. The van der Waals surface area contributed by atoms with E-state index in [0.29, 0.717) is 11.1 Å². The third-order valence-corrected chi connectivity index (χ3v) is 5.73. The Morgan fingerprint density at radius 3 is 2.35 bits per heavy atom. The van der Waals surface area contributed by atoms with Crippen LogP contribution in [0.3, 0.4) is 0 Å². The van der Waals surface area contributed by atoms with E-state index in [1.54, 1.807) is 6.20 Å². The molecule has 0 saturated heterocycles. The second kappa shape index (κ2) is 4.37. The van der Waals surface area contributed by atoms with E-state index in [9.17, 15) is 0 Å². The average Bonchev–Trinajstić information content (AvgIpc) is 2.36. The van der Waals surface area contributed by atoms with Gasteiger partial charge in [-0.3, -0.25) is 0 Å². The van der Waals surface area contributed by atoms with Gasteiger partial charge in [0, 0.05) is 11.0 Å². The Morgan fingerprint density at radius 1 is 1.20 bits per heavy atom. The number of pyridine rings is 1. The maximum Gasteiger partial charge on any atom is 0.216 e. The summed E-state index contributed by atoms with van der Waals surface area (Å²) in [4.78, 5) is 4.35. The number of aromatic nitrogens is 1. The zero-order valence-electron chi connectivity index (χ0n) is 12.3. The third-order valence-electron chi connectivity index (χ3n) is 5.73. The van der Waals surface area contributed by atoms with Crippen molar-refractivity contribution < 1.29 is 4.74 Å². The maximum absolute atomic E-state index is 6.11. The van der Waals surface area contributed by atoms with Crippen molar-refractivity contribution in [2.24, 2.45) is 23.2 Å². The average molecular weight is 272 g/mol. The lowest BCUT2D eigenvalue weighted by atomic mass is 9.50. The molecular formula is C17H24N2O. The number of nitrogens with two attached hydrogens (primary N) is 1. The fourth-order valence-corrected chi connectivity index (χ4v) is 5.42. The Labute approximate surface area is 120 Å². The lowest BCUT2D eigenvalue weighted by molar-refractivity contribution is -0.0752. The fraction of sp³-hybridized carbons (Fsp3) is 0.706. The molecule has 0 radical (unpaired) electrons. The van der Waals surface area contributed by atoms with Crippen molar-refractivity contribution in [1.29, 1.82) is 0 Å². The summed E-state index contributed by atoms with van der Waals surface area (Å²) in [5, 5.41) is 0. The van der Waals surface area contributed by atoms with Gasteiger partial charge in [-0.2, -0.15) is 0 Å². The Hall–Kier alpha value is -1.25. The second-order valence-corrected chi connectivity index (χ2v) is 7.60. The van der Waals surface area contributed by atoms with Crippen molar-refractivity contribution >= 4 is 5.69 Å². The molecule has 4 aliphatic rings. The molecule has 0 atom stereocenters. The molecule has 0 aromatic carbocycles. The Kier molecular flexibility index (Phi) is 2.73. The predicted octanol–water partition coefficient (Wildman–Crippen LogP) is 3.57. The quantitative estimate of drug-likeness (QED) is 0.915. The molecule has 0 unspecified atom stereocenters. The molecule has 4 saturated carbocycles. The Morgan fingerprint density at radius 2 is 1.80 bits per heavy atom. The summed E-state index contributed by atoms with van der Waals surface area (Å²) in [6.07, 6.45) is 10.3. The predicted molar refractivity (Wildman–Crippen MR) is 79.5 cm³/mol. The summed E-state index contributed by atoms with van der Waals surface area (Å²) in [7, 11) is 0. The van der Waals surface area contributed by atoms with Gasteiger partial charge in [0.1, 0.15) is 0 Å². The molecular weight excluding hydrogens is 248 g/mol. The molecule has 1 aromatic heterocycles. The third kappa shape index (κ3) is 2.07. The van der Waals surface area contributed by atoms with Crippen LogP contribution in [0.25, 0.3) is 0 Å². The molecule has 4 fully saturated rings. The Balaban J connectivity index is 1.49. The van der Waals surface area contributed by atoms with E-state index in [1.165, 1.54) is 38.5 Å². The molecule has 108 valence electrons. The molecule has 1 heterocycles. The molecule has 0 amide bonds. The summed E-state index contributed by atoms with van der Waals surface area (Å²) < 4.78 is 6.11. The van der Waals surface area contributed by atoms with Crippen LogP contribution < -0.4 is 10.5 Å². The molecule has 3 nitrogen and oxygen atoms in total. The SMILES string of the molecule is Cc1cc(N)cnc1OCC12CC3CC(CC(C3)C1)C2. The van der Waals surface area contributed by atoms with Crippen LogP contribution in [0, 0.1) is 30.1 Å². The molecule has 4 bridgehead atoms. The van der Waals surface area contributed by atoms with Gasteiger partial charge >= 0.3 is 0 Å². The first-order chi connectivity index (χ1) is 9.62. The normalized spacial score (nSPS) is 38.1. The van der Waals surface area contributed by atoms with Gasteiger partial charge in [-0.25, -0.2) is 4.98 Å². The largest absolute Gasteiger partial charge is 0.477 e. The van der Waals surface area contributed by atoms with Crippen LogP contribution >= 0.6 is 0 Å². The van der Waals surface area contributed by atoms with Crippen molar-refractivity contribution in [3.05, 3.63) is 17.8 Å². The van der Waals surface area contributed by atoms with Gasteiger partial charge in [0.2, 0.25) is 5.88 Å². The minimum Gasteiger partial charge on any atom is -0.477 e. The van der Waals surface area contributed by atoms with Crippen molar-refractivity contribution in [3.8, 4) is 5.88 Å². The fourth-order valence-electron chi connectivity index (χ4n) is 5.42. The maximum atomic E-state index is 6.11. The second-order valence-electron chi connectivity index (χ2n) is 7.60. The molecule has 20 heavy (non-hydrogen) atoms. The van der Waals surface area contributed by atoms with Gasteiger partial charge in [0.05, 0.1) is 18.5 Å². The highest BCUT2D eigenvalue weighted by atomic mass is 16.5. The van der Waals surface area contributed by atoms with E-state index in [2.05, 4.69) is 4.98 Å². The van der Waals surface area contributed by atoms with Gasteiger partial charge in [-0.05, 0) is 69.3 Å². The molecule has 5 rings (SSSR count). The van der Waals surface area contributed by atoms with E-state index in [-0.39, 0.29) is 0 Å². The summed E-state index contributed by atoms with van der Waals surface area (Å²) in [6.45, 7) is 2.88. The van der Waals surface area contributed by atoms with E-state index in [0.717, 1.165) is 35.8 Å². The number of ether oxygens (including phenoxy) is 1. The highest BCUT2D eigenvalue weighted by molar-refractivity contribution is 5.41. The number of anilines is 1. The van der Waals surface area contributed by atoms with Crippen molar-refractivity contribution in [3.63, 3.8) is 0 Å². The van der Waals surface area contributed by atoms with Gasteiger partial charge < -0.3 is 10.5 Å². The van der Waals surface area contributed by atoms with Crippen LogP contribution in [-0.2, 0) is 0 Å². The molecule has 0 spiro atoms. The lowest BCUT2D eigenvalue weighted by Gasteiger charge is -2.56. The van der Waals surface area contributed by atoms with Crippen LogP contribution in [0.2, 0.25) is 0 Å². The van der Waals surface area contributed by atoms with Gasteiger partial charge in [0.25, 0.3) is 0 Å². The van der Waals surface area contributed by atoms with Crippen LogP contribution in [-0.4, -0.2) is 11.6 Å². The van der Waals surface area contributed by atoms with Crippen LogP contribution in [0.5, 0.6) is 5.88 Å².